The summed E-state index contributed by atoms with van der Waals surface area (Å²) in [7, 11) is 0. The smallest absolute Gasteiger partial charge is 0.320 e. The highest BCUT2D eigenvalue weighted by Crippen LogP contribution is 2.28. The lowest BCUT2D eigenvalue weighted by molar-refractivity contribution is -0.140. The zero-order chi connectivity index (χ0) is 28.1. The summed E-state index contributed by atoms with van der Waals surface area (Å²) in [5.74, 6) is -2.38. The van der Waals surface area contributed by atoms with Crippen LogP contribution in [0.2, 0.25) is 0 Å². The number of aromatic amines is 1. The largest absolute Gasteiger partial charge is 0.480 e. The number of rotatable bonds is 12. The third-order valence-corrected chi connectivity index (χ3v) is 6.62. The molecule has 2 heterocycles. The van der Waals surface area contributed by atoms with Crippen molar-refractivity contribution in [3.63, 3.8) is 0 Å². The van der Waals surface area contributed by atoms with E-state index < -0.39 is 29.9 Å². The molecule has 1 aliphatic heterocycles. The van der Waals surface area contributed by atoms with E-state index in [1.165, 1.54) is 6.07 Å². The van der Waals surface area contributed by atoms with Crippen LogP contribution >= 0.6 is 0 Å². The Morgan fingerprint density at radius 2 is 1.62 bits per heavy atom. The van der Waals surface area contributed by atoms with Gasteiger partial charge in [0.05, 0.1) is 22.9 Å². The van der Waals surface area contributed by atoms with Gasteiger partial charge in [0.15, 0.2) is 0 Å². The highest BCUT2D eigenvalue weighted by molar-refractivity contribution is 6.23. The number of carboxylic acids is 1. The van der Waals surface area contributed by atoms with Crippen LogP contribution in [0.25, 0.3) is 10.8 Å². The molecule has 3 amide bonds. The predicted octanol–water partition coefficient (Wildman–Crippen LogP) is 1.73. The molecule has 0 aliphatic carbocycles. The molecule has 4 N–H and O–H groups in total. The summed E-state index contributed by atoms with van der Waals surface area (Å²) in [6.07, 6.45) is 0.698. The SMILES string of the molecule is CC(C)C[C@H](N[C@H](CCN1C(=O)c2cc3ccccc3cc2C1=O)C(=O)O)C(=O)NCCc1ccc(=O)[nH]n1. The van der Waals surface area contributed by atoms with Gasteiger partial charge in [-0.05, 0) is 47.7 Å². The summed E-state index contributed by atoms with van der Waals surface area (Å²) < 4.78 is 0. The molecule has 0 spiro atoms. The van der Waals surface area contributed by atoms with Gasteiger partial charge >= 0.3 is 5.97 Å². The minimum atomic E-state index is -1.18. The zero-order valence-corrected chi connectivity index (χ0v) is 21.8. The second-order valence-electron chi connectivity index (χ2n) is 9.99. The van der Waals surface area contributed by atoms with Crippen molar-refractivity contribution in [3.8, 4) is 0 Å². The van der Waals surface area contributed by atoms with Gasteiger partial charge in [0.25, 0.3) is 17.4 Å². The number of aromatic nitrogens is 2. The van der Waals surface area contributed by atoms with Gasteiger partial charge in [-0.1, -0.05) is 38.1 Å². The number of fused-ring (bicyclic) bond motifs is 2. The number of nitrogens with zero attached hydrogens (tertiary/aromatic N) is 2. The molecule has 1 aliphatic rings. The number of imide groups is 1. The maximum absolute atomic E-state index is 13.0. The van der Waals surface area contributed by atoms with Gasteiger partial charge in [-0.3, -0.25) is 34.2 Å². The standard InChI is InChI=1S/C28H31N5O6/c1-16(2)13-23(25(35)29-11-9-19-7-8-24(34)32-31-19)30-22(28(38)39)10-12-33-26(36)20-14-17-5-3-4-6-18(17)15-21(20)27(33)37/h3-8,14-16,22-23,30H,9-13H2,1-2H3,(H,29,35)(H,32,34)(H,38,39)/t22-,23+/m1/s1. The van der Waals surface area contributed by atoms with Gasteiger partial charge in [0.1, 0.15) is 6.04 Å². The average Bonchev–Trinajstić information content (AvgIpc) is 3.13. The van der Waals surface area contributed by atoms with Gasteiger partial charge < -0.3 is 10.4 Å². The predicted molar refractivity (Wildman–Crippen MR) is 143 cm³/mol. The molecule has 0 unspecified atom stereocenters. The first-order valence-corrected chi connectivity index (χ1v) is 12.8. The number of nitrogens with one attached hydrogen (secondary N) is 3. The van der Waals surface area contributed by atoms with E-state index in [9.17, 15) is 29.1 Å². The minimum absolute atomic E-state index is 0.0660. The highest BCUT2D eigenvalue weighted by Gasteiger charge is 2.37. The molecule has 11 heteroatoms. The third kappa shape index (κ3) is 6.55. The van der Waals surface area contributed by atoms with Crippen LogP contribution < -0.4 is 16.2 Å². The molecule has 2 atom stereocenters. The quantitative estimate of drug-likeness (QED) is 0.256. The number of amides is 3. The molecule has 0 saturated heterocycles. The Morgan fingerprint density at radius 1 is 0.974 bits per heavy atom. The number of hydrogen-bond acceptors (Lipinski definition) is 7. The Bertz CT molecular complexity index is 1390. The molecule has 0 bridgehead atoms. The Kier molecular flexibility index (Phi) is 8.50. The van der Waals surface area contributed by atoms with Gasteiger partial charge in [0.2, 0.25) is 5.91 Å². The molecule has 1 aromatic heterocycles. The Morgan fingerprint density at radius 3 is 2.15 bits per heavy atom. The van der Waals surface area contributed by atoms with E-state index in [1.54, 1.807) is 18.2 Å². The fourth-order valence-electron chi connectivity index (χ4n) is 4.63. The topological polar surface area (TPSA) is 162 Å². The van der Waals surface area contributed by atoms with E-state index in [-0.39, 0.29) is 36.9 Å². The van der Waals surface area contributed by atoms with E-state index in [2.05, 4.69) is 20.8 Å². The third-order valence-electron chi connectivity index (χ3n) is 6.62. The lowest BCUT2D eigenvalue weighted by Crippen LogP contribution is -2.52. The molecule has 0 radical (unpaired) electrons. The van der Waals surface area contributed by atoms with Crippen LogP contribution in [-0.4, -0.2) is 69.1 Å². The summed E-state index contributed by atoms with van der Waals surface area (Å²) in [4.78, 5) is 63.3. The summed E-state index contributed by atoms with van der Waals surface area (Å²) >= 11 is 0. The van der Waals surface area contributed by atoms with Crippen molar-refractivity contribution in [1.29, 1.82) is 0 Å². The normalized spacial score (nSPS) is 14.5. The van der Waals surface area contributed by atoms with Crippen molar-refractivity contribution < 1.29 is 24.3 Å². The second-order valence-corrected chi connectivity index (χ2v) is 9.99. The van der Waals surface area contributed by atoms with E-state index >= 15 is 0 Å². The molecule has 204 valence electrons. The van der Waals surface area contributed by atoms with Gasteiger partial charge in [-0.25, -0.2) is 5.10 Å². The van der Waals surface area contributed by atoms with Gasteiger partial charge in [0, 0.05) is 25.6 Å². The van der Waals surface area contributed by atoms with Gasteiger partial charge in [-0.15, -0.1) is 0 Å². The number of H-pyrrole nitrogens is 1. The van der Waals surface area contributed by atoms with Crippen molar-refractivity contribution in [2.24, 2.45) is 5.92 Å². The summed E-state index contributed by atoms with van der Waals surface area (Å²) in [5.41, 5.74) is 0.874. The molecular weight excluding hydrogens is 502 g/mol. The summed E-state index contributed by atoms with van der Waals surface area (Å²) in [6.45, 7) is 3.98. The number of carboxylic acid groups (broad SMARTS) is 1. The first-order chi connectivity index (χ1) is 18.6. The number of benzene rings is 2. The fourth-order valence-corrected chi connectivity index (χ4v) is 4.63. The molecule has 0 saturated carbocycles. The van der Waals surface area contributed by atoms with Crippen molar-refractivity contribution in [2.45, 2.75) is 45.2 Å². The van der Waals surface area contributed by atoms with E-state index in [4.69, 9.17) is 0 Å². The van der Waals surface area contributed by atoms with Crippen molar-refractivity contribution >= 4 is 34.5 Å². The fraction of sp³-hybridized carbons (Fsp3) is 0.357. The maximum atomic E-state index is 13.0. The maximum Gasteiger partial charge on any atom is 0.320 e. The summed E-state index contributed by atoms with van der Waals surface area (Å²) in [5, 5.41) is 23.5. The average molecular weight is 534 g/mol. The molecule has 3 aromatic rings. The van der Waals surface area contributed by atoms with E-state index in [1.807, 2.05) is 38.1 Å². The number of aliphatic carboxylic acids is 1. The van der Waals surface area contributed by atoms with Crippen LogP contribution in [0.3, 0.4) is 0 Å². The first-order valence-electron chi connectivity index (χ1n) is 12.8. The first kappa shape index (κ1) is 27.6. The second kappa shape index (κ2) is 12.0. The van der Waals surface area contributed by atoms with Crippen LogP contribution in [0, 0.1) is 5.92 Å². The number of carbonyl (C=O) groups excluding carboxylic acids is 3. The van der Waals surface area contributed by atoms with Crippen LogP contribution in [-0.2, 0) is 16.0 Å². The molecule has 11 nitrogen and oxygen atoms in total. The lowest BCUT2D eigenvalue weighted by Gasteiger charge is -2.25. The minimum Gasteiger partial charge on any atom is -0.480 e. The lowest BCUT2D eigenvalue weighted by atomic mass is 10.0. The van der Waals surface area contributed by atoms with Crippen molar-refractivity contribution in [1.82, 2.24) is 25.7 Å². The van der Waals surface area contributed by atoms with Crippen LogP contribution in [0.1, 0.15) is 53.1 Å². The number of hydrogen-bond donors (Lipinski definition) is 4. The van der Waals surface area contributed by atoms with Crippen molar-refractivity contribution in [2.75, 3.05) is 13.1 Å². The summed E-state index contributed by atoms with van der Waals surface area (Å²) in [6, 6.07) is 11.7. The Labute approximate surface area is 224 Å². The molecular formula is C28H31N5O6. The number of carbonyl (C=O) groups is 4. The van der Waals surface area contributed by atoms with Crippen LogP contribution in [0.15, 0.2) is 53.3 Å². The molecule has 2 aromatic carbocycles. The monoisotopic (exact) mass is 533 g/mol. The van der Waals surface area contributed by atoms with Crippen LogP contribution in [0.5, 0.6) is 0 Å². The molecule has 0 fully saturated rings. The molecule has 4 rings (SSSR count). The zero-order valence-electron chi connectivity index (χ0n) is 21.8. The van der Waals surface area contributed by atoms with Crippen molar-refractivity contribution in [3.05, 3.63) is 75.7 Å². The molecule has 39 heavy (non-hydrogen) atoms. The highest BCUT2D eigenvalue weighted by atomic mass is 16.4. The van der Waals surface area contributed by atoms with Gasteiger partial charge in [-0.2, -0.15) is 5.10 Å². The Hall–Kier alpha value is -4.38. The Balaban J connectivity index is 1.40. The van der Waals surface area contributed by atoms with E-state index in [0.29, 0.717) is 29.7 Å². The van der Waals surface area contributed by atoms with Crippen LogP contribution in [0.4, 0.5) is 0 Å². The van der Waals surface area contributed by atoms with E-state index in [0.717, 1.165) is 15.7 Å².